The smallest absolute Gasteiger partial charge is 0.222 e. The minimum absolute atomic E-state index is 0.140. The molecule has 1 amide bonds. The number of amides is 1. The third-order valence-electron chi connectivity index (χ3n) is 9.29. The SMILES string of the molecule is Cc1cc(C)cc(CN2CC(CC[N+]3(C)CCC(c4ccccc4)CC3)(c3ccc(Cl)c(Cl)c3)CCC2=O)c1. The lowest BCUT2D eigenvalue weighted by Crippen LogP contribution is -2.54. The number of hydrogen-bond acceptors (Lipinski definition) is 1. The van der Waals surface area contributed by atoms with Gasteiger partial charge in [0.1, 0.15) is 0 Å². The maximum Gasteiger partial charge on any atom is 0.222 e. The van der Waals surface area contributed by atoms with E-state index in [1.54, 1.807) is 0 Å². The molecule has 5 rings (SSSR count). The lowest BCUT2D eigenvalue weighted by molar-refractivity contribution is -0.915. The van der Waals surface area contributed by atoms with Gasteiger partial charge in [-0.1, -0.05) is 88.9 Å². The van der Waals surface area contributed by atoms with Crippen LogP contribution in [0.5, 0.6) is 0 Å². The summed E-state index contributed by atoms with van der Waals surface area (Å²) in [6.45, 7) is 9.07. The number of rotatable bonds is 7. The first-order valence-electron chi connectivity index (χ1n) is 14.3. The highest BCUT2D eigenvalue weighted by molar-refractivity contribution is 6.42. The summed E-state index contributed by atoms with van der Waals surface area (Å²) in [6, 6.07) is 23.7. The van der Waals surface area contributed by atoms with Crippen molar-refractivity contribution in [2.24, 2.45) is 0 Å². The van der Waals surface area contributed by atoms with Gasteiger partial charge in [0.05, 0.1) is 36.7 Å². The molecule has 1 unspecified atom stereocenters. The summed E-state index contributed by atoms with van der Waals surface area (Å²) in [4.78, 5) is 15.3. The molecule has 0 aliphatic carbocycles. The molecule has 2 saturated heterocycles. The second-order valence-corrected chi connectivity index (χ2v) is 13.2. The third-order valence-corrected chi connectivity index (χ3v) is 10.0. The van der Waals surface area contributed by atoms with Gasteiger partial charge in [-0.3, -0.25) is 4.79 Å². The van der Waals surface area contributed by atoms with Gasteiger partial charge in [-0.05, 0) is 55.0 Å². The van der Waals surface area contributed by atoms with Crippen LogP contribution in [-0.2, 0) is 16.8 Å². The van der Waals surface area contributed by atoms with Gasteiger partial charge in [-0.25, -0.2) is 0 Å². The molecule has 0 spiro atoms. The Balaban J connectivity index is 1.37. The second-order valence-electron chi connectivity index (χ2n) is 12.4. The van der Waals surface area contributed by atoms with Crippen molar-refractivity contribution in [3.63, 3.8) is 0 Å². The number of piperidine rings is 2. The Bertz CT molecular complexity index is 1300. The predicted molar refractivity (Wildman–Crippen MR) is 163 cm³/mol. The van der Waals surface area contributed by atoms with Crippen LogP contribution in [0.2, 0.25) is 10.0 Å². The minimum atomic E-state index is -0.140. The zero-order chi connectivity index (χ0) is 27.6. The average molecular weight is 565 g/mol. The van der Waals surface area contributed by atoms with Gasteiger partial charge in [0.25, 0.3) is 0 Å². The minimum Gasteiger partial charge on any atom is -0.337 e. The van der Waals surface area contributed by atoms with Gasteiger partial charge in [-0.2, -0.15) is 0 Å². The molecule has 0 saturated carbocycles. The van der Waals surface area contributed by atoms with Gasteiger partial charge in [0.2, 0.25) is 5.91 Å². The maximum atomic E-state index is 13.2. The number of halogens is 2. The summed E-state index contributed by atoms with van der Waals surface area (Å²) in [5.41, 5.74) is 6.22. The van der Waals surface area contributed by atoms with E-state index in [0.29, 0.717) is 35.5 Å². The number of carbonyl (C=O) groups is 1. The third kappa shape index (κ3) is 6.53. The van der Waals surface area contributed by atoms with Crippen molar-refractivity contribution in [2.45, 2.75) is 63.8 Å². The van der Waals surface area contributed by atoms with E-state index >= 15 is 0 Å². The van der Waals surface area contributed by atoms with Crippen LogP contribution in [-0.4, -0.2) is 48.5 Å². The van der Waals surface area contributed by atoms with Crippen molar-refractivity contribution in [3.05, 3.63) is 105 Å². The van der Waals surface area contributed by atoms with Gasteiger partial charge in [-0.15, -0.1) is 0 Å². The Kier molecular flexibility index (Phi) is 8.42. The number of hydrogen-bond donors (Lipinski definition) is 0. The highest BCUT2D eigenvalue weighted by atomic mass is 35.5. The van der Waals surface area contributed by atoms with Crippen molar-refractivity contribution >= 4 is 29.1 Å². The van der Waals surface area contributed by atoms with Crippen LogP contribution in [0.1, 0.15) is 65.8 Å². The van der Waals surface area contributed by atoms with Crippen LogP contribution in [0.25, 0.3) is 0 Å². The van der Waals surface area contributed by atoms with Crippen LogP contribution >= 0.6 is 23.2 Å². The van der Waals surface area contributed by atoms with Crippen molar-refractivity contribution in [3.8, 4) is 0 Å². The Labute approximate surface area is 244 Å². The predicted octanol–water partition coefficient (Wildman–Crippen LogP) is 8.08. The highest BCUT2D eigenvalue weighted by Crippen LogP contribution is 2.42. The summed E-state index contributed by atoms with van der Waals surface area (Å²) < 4.78 is 1.08. The summed E-state index contributed by atoms with van der Waals surface area (Å²) in [7, 11) is 2.42. The zero-order valence-electron chi connectivity index (χ0n) is 23.6. The van der Waals surface area contributed by atoms with Crippen LogP contribution < -0.4 is 0 Å². The molecule has 5 heteroatoms. The van der Waals surface area contributed by atoms with Crippen LogP contribution in [0.3, 0.4) is 0 Å². The Morgan fingerprint density at radius 3 is 2.28 bits per heavy atom. The summed E-state index contributed by atoms with van der Waals surface area (Å²) in [6.07, 6.45) is 4.87. The molecular formula is C34H41Cl2N2O+. The number of benzene rings is 3. The fourth-order valence-corrected chi connectivity index (χ4v) is 7.23. The van der Waals surface area contributed by atoms with Crippen LogP contribution in [0, 0.1) is 13.8 Å². The normalized spacial score (nSPS) is 25.6. The molecule has 2 fully saturated rings. The first kappa shape index (κ1) is 28.2. The van der Waals surface area contributed by atoms with Gasteiger partial charge in [0.15, 0.2) is 0 Å². The number of likely N-dealkylation sites (tertiary alicyclic amines) is 2. The van der Waals surface area contributed by atoms with E-state index in [2.05, 4.69) is 86.5 Å². The molecular weight excluding hydrogens is 523 g/mol. The first-order valence-corrected chi connectivity index (χ1v) is 15.1. The van der Waals surface area contributed by atoms with E-state index in [-0.39, 0.29) is 11.3 Å². The van der Waals surface area contributed by atoms with E-state index in [9.17, 15) is 4.79 Å². The number of quaternary nitrogens is 1. The lowest BCUT2D eigenvalue weighted by atomic mass is 9.71. The van der Waals surface area contributed by atoms with Crippen molar-refractivity contribution in [1.82, 2.24) is 4.90 Å². The van der Waals surface area contributed by atoms with Crippen molar-refractivity contribution in [2.75, 3.05) is 33.2 Å². The molecule has 3 aromatic carbocycles. The molecule has 3 nitrogen and oxygen atoms in total. The number of aryl methyl sites for hydroxylation is 2. The average Bonchev–Trinajstić information content (AvgIpc) is 2.91. The van der Waals surface area contributed by atoms with Crippen molar-refractivity contribution in [1.29, 1.82) is 0 Å². The van der Waals surface area contributed by atoms with E-state index in [0.717, 1.165) is 23.9 Å². The molecule has 0 bridgehead atoms. The fraction of sp³-hybridized carbons (Fsp3) is 0.441. The van der Waals surface area contributed by atoms with Gasteiger partial charge in [0, 0.05) is 44.2 Å². The molecule has 2 aliphatic rings. The van der Waals surface area contributed by atoms with Crippen molar-refractivity contribution < 1.29 is 9.28 Å². The van der Waals surface area contributed by atoms with Crippen LogP contribution in [0.4, 0.5) is 0 Å². The lowest BCUT2D eigenvalue weighted by Gasteiger charge is -2.47. The summed E-state index contributed by atoms with van der Waals surface area (Å²) in [5, 5.41) is 1.17. The number of nitrogens with zero attached hydrogens (tertiary/aromatic N) is 2. The molecule has 3 aromatic rings. The molecule has 1 atom stereocenters. The first-order chi connectivity index (χ1) is 18.6. The largest absolute Gasteiger partial charge is 0.337 e. The number of carbonyl (C=O) groups excluding carboxylic acids is 1. The van der Waals surface area contributed by atoms with E-state index in [4.69, 9.17) is 23.2 Å². The molecule has 2 aliphatic heterocycles. The quantitative estimate of drug-likeness (QED) is 0.266. The summed E-state index contributed by atoms with van der Waals surface area (Å²) >= 11 is 12.9. The molecule has 2 heterocycles. The topological polar surface area (TPSA) is 20.3 Å². The Hall–Kier alpha value is -2.33. The van der Waals surface area contributed by atoms with Gasteiger partial charge >= 0.3 is 0 Å². The highest BCUT2D eigenvalue weighted by Gasteiger charge is 2.43. The zero-order valence-corrected chi connectivity index (χ0v) is 25.1. The van der Waals surface area contributed by atoms with E-state index in [1.807, 2.05) is 6.07 Å². The molecule has 0 aromatic heterocycles. The van der Waals surface area contributed by atoms with Gasteiger partial charge < -0.3 is 9.38 Å². The molecule has 39 heavy (non-hydrogen) atoms. The molecule has 0 radical (unpaired) electrons. The standard InChI is InChI=1S/C34H41Cl2N2O/c1-25-19-26(2)21-27(20-25)23-37-24-34(14-11-33(37)39,30-9-10-31(35)32(36)22-30)15-18-38(3)16-12-29(13-17-38)28-7-5-4-6-8-28/h4-10,19-22,29H,11-18,23-24H2,1-3H3/q+1. The Morgan fingerprint density at radius 2 is 1.62 bits per heavy atom. The summed E-state index contributed by atoms with van der Waals surface area (Å²) in [5.74, 6) is 0.899. The fourth-order valence-electron chi connectivity index (χ4n) is 6.93. The van der Waals surface area contributed by atoms with Crippen LogP contribution in [0.15, 0.2) is 66.7 Å². The monoisotopic (exact) mass is 563 g/mol. The van der Waals surface area contributed by atoms with E-state index < -0.39 is 0 Å². The maximum absolute atomic E-state index is 13.2. The second kappa shape index (κ2) is 11.6. The Morgan fingerprint density at radius 1 is 0.923 bits per heavy atom. The van der Waals surface area contributed by atoms with E-state index in [1.165, 1.54) is 53.7 Å². The molecule has 206 valence electrons. The molecule has 0 N–H and O–H groups in total.